The van der Waals surface area contributed by atoms with Crippen LogP contribution in [0.4, 0.5) is 0 Å². The Hall–Kier alpha value is -1.43. The highest BCUT2D eigenvalue weighted by molar-refractivity contribution is 5.66. The predicted molar refractivity (Wildman–Crippen MR) is 108 cm³/mol. The Morgan fingerprint density at radius 2 is 1.86 bits per heavy atom. The van der Waals surface area contributed by atoms with Gasteiger partial charge in [0, 0.05) is 12.3 Å². The molecule has 4 fully saturated rings. The summed E-state index contributed by atoms with van der Waals surface area (Å²) in [4.78, 5) is 21.9. The summed E-state index contributed by atoms with van der Waals surface area (Å²) < 4.78 is 5.54. The zero-order valence-electron chi connectivity index (χ0n) is 17.9. The number of esters is 1. The molecule has 1 N–H and O–H groups in total. The van der Waals surface area contributed by atoms with Crippen molar-refractivity contribution in [1.29, 1.82) is 0 Å². The van der Waals surface area contributed by atoms with Crippen molar-refractivity contribution in [2.75, 3.05) is 0 Å². The van der Waals surface area contributed by atoms with Gasteiger partial charge < -0.3 is 9.84 Å². The van der Waals surface area contributed by atoms with Crippen LogP contribution in [0.3, 0.4) is 0 Å². The first-order valence-electron chi connectivity index (χ1n) is 11.3. The van der Waals surface area contributed by atoms with E-state index >= 15 is 0 Å². The number of ether oxygens (including phenoxy) is 1. The lowest BCUT2D eigenvalue weighted by molar-refractivity contribution is -0.403. The molecule has 0 saturated heterocycles. The summed E-state index contributed by atoms with van der Waals surface area (Å²) in [6, 6.07) is 0. The lowest BCUT2D eigenvalue weighted by Crippen LogP contribution is -2.62. The van der Waals surface area contributed by atoms with E-state index in [0.717, 1.165) is 64.0 Å². The fraction of sp³-hybridized carbons (Fsp3) is 0.870. The highest BCUT2D eigenvalue weighted by Gasteiger charge is 2.66. The Morgan fingerprint density at radius 1 is 1.10 bits per heavy atom. The molecule has 8 atom stereocenters. The molecule has 4 aliphatic carbocycles. The second kappa shape index (κ2) is 7.07. The molecule has 0 radical (unpaired) electrons. The normalized spacial score (nSPS) is 49.2. The smallest absolute Gasteiger partial charge is 0.302 e. The van der Waals surface area contributed by atoms with E-state index in [0.29, 0.717) is 11.8 Å². The van der Waals surface area contributed by atoms with E-state index < -0.39 is 5.60 Å². The number of rotatable bonds is 3. The molecule has 0 amide bonds. The van der Waals surface area contributed by atoms with Crippen LogP contribution >= 0.6 is 0 Å². The molecule has 0 spiro atoms. The molecule has 0 aromatic carbocycles. The van der Waals surface area contributed by atoms with E-state index in [1.807, 2.05) is 0 Å². The third-order valence-corrected chi connectivity index (χ3v) is 9.65. The van der Waals surface area contributed by atoms with E-state index in [9.17, 15) is 20.0 Å². The summed E-state index contributed by atoms with van der Waals surface area (Å²) in [6.07, 6.45) is 11.4. The van der Waals surface area contributed by atoms with E-state index in [1.54, 1.807) is 6.08 Å². The van der Waals surface area contributed by atoms with Gasteiger partial charge in [-0.05, 0) is 93.0 Å². The molecule has 6 heteroatoms. The van der Waals surface area contributed by atoms with Crippen molar-refractivity contribution in [3.8, 4) is 0 Å². The largest absolute Gasteiger partial charge is 0.463 e. The van der Waals surface area contributed by atoms with Crippen LogP contribution in [0.1, 0.15) is 78.6 Å². The van der Waals surface area contributed by atoms with Crippen molar-refractivity contribution in [1.82, 2.24) is 0 Å². The maximum Gasteiger partial charge on any atom is 0.302 e. The highest BCUT2D eigenvalue weighted by atomic mass is 16.6. The molecular weight excluding hydrogens is 370 g/mol. The third kappa shape index (κ3) is 3.13. The number of hydrogen-bond acceptors (Lipinski definition) is 5. The van der Waals surface area contributed by atoms with Crippen molar-refractivity contribution >= 4 is 5.97 Å². The van der Waals surface area contributed by atoms with Gasteiger partial charge in [-0.25, -0.2) is 0 Å². The summed E-state index contributed by atoms with van der Waals surface area (Å²) in [6.45, 7) is 6.06. The van der Waals surface area contributed by atoms with Crippen molar-refractivity contribution in [3.05, 3.63) is 22.4 Å². The van der Waals surface area contributed by atoms with Gasteiger partial charge in [-0.2, -0.15) is 0 Å². The molecule has 0 aromatic rings. The number of fused-ring (bicyclic) bond motifs is 5. The Balaban J connectivity index is 1.56. The molecule has 0 aliphatic heterocycles. The number of carbonyl (C=O) groups is 1. The summed E-state index contributed by atoms with van der Waals surface area (Å²) in [5, 5.41) is 22.8. The second-order valence-electron chi connectivity index (χ2n) is 10.7. The van der Waals surface area contributed by atoms with Gasteiger partial charge in [0.05, 0.1) is 10.5 Å². The van der Waals surface area contributed by atoms with Crippen LogP contribution in [0.25, 0.3) is 0 Å². The fourth-order valence-electron chi connectivity index (χ4n) is 8.05. The molecule has 0 unspecified atom stereocenters. The topological polar surface area (TPSA) is 89.7 Å². The maximum absolute atomic E-state index is 12.0. The molecular formula is C23H35NO5. The van der Waals surface area contributed by atoms with Crippen molar-refractivity contribution < 1.29 is 19.6 Å². The zero-order chi connectivity index (χ0) is 21.0. The van der Waals surface area contributed by atoms with Crippen LogP contribution < -0.4 is 0 Å². The van der Waals surface area contributed by atoms with Crippen LogP contribution in [-0.4, -0.2) is 27.7 Å². The van der Waals surface area contributed by atoms with Crippen LogP contribution in [0.2, 0.25) is 0 Å². The standard InChI is InChI=1S/C23H35NO5/c1-15(25)29-18-7-10-21(2)17(14-18)4-5-20-19(21)8-11-22(3)16(9-13-24(27)28)6-12-23(20,22)26/h9,13,16-20,26H,4-8,10-12,14H2,1-3H3/t16-,17-,18+,19+,20-,21+,22-,23+/m1/s1. The van der Waals surface area contributed by atoms with E-state index in [4.69, 9.17) is 4.74 Å². The first-order chi connectivity index (χ1) is 13.6. The number of nitrogens with zero attached hydrogens (tertiary/aromatic N) is 1. The SMILES string of the molecule is CC(=O)O[C@H]1CC[C@@]2(C)[C@H](CC[C@@H]3[C@@H]2CC[C@]2(C)[C@@H](C=C[N+](=O)[O-])CC[C@]32O)C1. The Kier molecular flexibility index (Phi) is 5.08. The van der Waals surface area contributed by atoms with Gasteiger partial charge in [0.25, 0.3) is 0 Å². The number of aliphatic hydroxyl groups is 1. The van der Waals surface area contributed by atoms with Crippen molar-refractivity contribution in [2.24, 2.45) is 34.5 Å². The average molecular weight is 406 g/mol. The summed E-state index contributed by atoms with van der Waals surface area (Å²) in [7, 11) is 0. The minimum absolute atomic E-state index is 0.0437. The van der Waals surface area contributed by atoms with Crippen molar-refractivity contribution in [3.63, 3.8) is 0 Å². The Morgan fingerprint density at radius 3 is 2.55 bits per heavy atom. The van der Waals surface area contributed by atoms with Crippen LogP contribution in [0, 0.1) is 44.6 Å². The molecule has 0 aromatic heterocycles. The molecule has 0 bridgehead atoms. The Bertz CT molecular complexity index is 722. The van der Waals surface area contributed by atoms with E-state index in [2.05, 4.69) is 13.8 Å². The average Bonchev–Trinajstić information content (AvgIpc) is 2.91. The quantitative estimate of drug-likeness (QED) is 0.425. The van der Waals surface area contributed by atoms with Gasteiger partial charge in [-0.1, -0.05) is 13.8 Å². The van der Waals surface area contributed by atoms with Gasteiger partial charge in [0.1, 0.15) is 6.10 Å². The highest BCUT2D eigenvalue weighted by Crippen LogP contribution is 2.69. The number of hydrogen-bond donors (Lipinski definition) is 1. The molecule has 4 saturated carbocycles. The molecule has 4 aliphatic rings. The fourth-order valence-corrected chi connectivity index (χ4v) is 8.05. The first kappa shape index (κ1) is 20.8. The van der Waals surface area contributed by atoms with E-state index in [1.165, 1.54) is 6.92 Å². The van der Waals surface area contributed by atoms with Crippen LogP contribution in [0.5, 0.6) is 0 Å². The van der Waals surface area contributed by atoms with Crippen LogP contribution in [-0.2, 0) is 9.53 Å². The van der Waals surface area contributed by atoms with Crippen molar-refractivity contribution in [2.45, 2.75) is 90.3 Å². The molecule has 0 heterocycles. The molecule has 6 nitrogen and oxygen atoms in total. The van der Waals surface area contributed by atoms with E-state index in [-0.39, 0.29) is 39.7 Å². The molecule has 29 heavy (non-hydrogen) atoms. The zero-order valence-corrected chi connectivity index (χ0v) is 17.9. The predicted octanol–water partition coefficient (Wildman–Crippen LogP) is 4.48. The lowest BCUT2D eigenvalue weighted by atomic mass is 9.43. The lowest BCUT2D eigenvalue weighted by Gasteiger charge is -2.63. The van der Waals surface area contributed by atoms with Gasteiger partial charge in [-0.15, -0.1) is 0 Å². The second-order valence-corrected chi connectivity index (χ2v) is 10.7. The summed E-state index contributed by atoms with van der Waals surface area (Å²) in [5.41, 5.74) is -0.827. The number of nitro groups is 1. The van der Waals surface area contributed by atoms with Gasteiger partial charge in [-0.3, -0.25) is 14.9 Å². The van der Waals surface area contributed by atoms with Gasteiger partial charge in [0.2, 0.25) is 6.20 Å². The number of carbonyl (C=O) groups excluding carboxylic acids is 1. The monoisotopic (exact) mass is 405 g/mol. The van der Waals surface area contributed by atoms with Gasteiger partial charge in [0.15, 0.2) is 0 Å². The molecule has 4 rings (SSSR count). The first-order valence-corrected chi connectivity index (χ1v) is 11.3. The third-order valence-electron chi connectivity index (χ3n) is 9.65. The Labute approximate surface area is 173 Å². The minimum Gasteiger partial charge on any atom is -0.463 e. The maximum atomic E-state index is 12.0. The van der Waals surface area contributed by atoms with Gasteiger partial charge >= 0.3 is 5.97 Å². The summed E-state index contributed by atoms with van der Waals surface area (Å²) >= 11 is 0. The number of allylic oxidation sites excluding steroid dienone is 1. The minimum atomic E-state index is -0.734. The summed E-state index contributed by atoms with van der Waals surface area (Å²) in [5.74, 6) is 1.18. The van der Waals surface area contributed by atoms with Crippen LogP contribution in [0.15, 0.2) is 12.3 Å². The molecule has 162 valence electrons.